The van der Waals surface area contributed by atoms with Crippen LogP contribution < -0.4 is 9.64 Å². The number of anilines is 1. The van der Waals surface area contributed by atoms with Gasteiger partial charge < -0.3 is 24.4 Å². The number of aromatic nitrogens is 1. The Labute approximate surface area is 208 Å². The van der Waals surface area contributed by atoms with Crippen LogP contribution in [-0.4, -0.2) is 96.6 Å². The molecule has 0 aromatic carbocycles. The summed E-state index contributed by atoms with van der Waals surface area (Å²) in [6.07, 6.45) is 4.00. The maximum absolute atomic E-state index is 12.5. The summed E-state index contributed by atoms with van der Waals surface area (Å²) in [5, 5.41) is 10.9. The van der Waals surface area contributed by atoms with E-state index in [0.29, 0.717) is 57.9 Å². The quantitative estimate of drug-likeness (QED) is 0.566. The molecule has 10 nitrogen and oxygen atoms in total. The molecule has 0 spiro atoms. The van der Waals surface area contributed by atoms with Crippen molar-refractivity contribution in [2.24, 2.45) is 5.92 Å². The Morgan fingerprint density at radius 1 is 1.09 bits per heavy atom. The van der Waals surface area contributed by atoms with Crippen LogP contribution in [-0.2, 0) is 14.8 Å². The monoisotopic (exact) mass is 510 g/mol. The van der Waals surface area contributed by atoms with Crippen molar-refractivity contribution < 1.29 is 27.8 Å². The van der Waals surface area contributed by atoms with Gasteiger partial charge in [-0.15, -0.1) is 0 Å². The van der Waals surface area contributed by atoms with Gasteiger partial charge in [0.15, 0.2) is 0 Å². The Kier molecular flexibility index (Phi) is 7.49. The molecule has 0 atom stereocenters. The van der Waals surface area contributed by atoms with E-state index >= 15 is 0 Å². The van der Waals surface area contributed by atoms with Crippen molar-refractivity contribution in [3.63, 3.8) is 0 Å². The van der Waals surface area contributed by atoms with Crippen LogP contribution in [0.2, 0.25) is 0 Å². The fraction of sp³-hybridized carbons (Fsp3) is 0.750. The Balaban J connectivity index is 1.22. The number of rotatable bonds is 8. The highest BCUT2D eigenvalue weighted by molar-refractivity contribution is 7.89. The van der Waals surface area contributed by atoms with Crippen molar-refractivity contribution in [2.75, 3.05) is 56.5 Å². The number of ether oxygens (including phenoxy) is 2. The number of piperazine rings is 1. The number of carbonyl (C=O) groups excluding carboxylic acids is 1. The molecule has 11 heteroatoms. The van der Waals surface area contributed by atoms with Gasteiger partial charge in [-0.2, -0.15) is 4.31 Å². The number of amides is 1. The maximum atomic E-state index is 12.5. The van der Waals surface area contributed by atoms with E-state index in [1.807, 2.05) is 32.9 Å². The van der Waals surface area contributed by atoms with Crippen molar-refractivity contribution >= 4 is 21.9 Å². The summed E-state index contributed by atoms with van der Waals surface area (Å²) in [6.45, 7) is 8.83. The summed E-state index contributed by atoms with van der Waals surface area (Å²) in [5.74, 6) is 1.60. The molecule has 0 unspecified atom stereocenters. The summed E-state index contributed by atoms with van der Waals surface area (Å²) >= 11 is 0. The molecular weight excluding hydrogens is 472 g/mol. The van der Waals surface area contributed by atoms with Crippen molar-refractivity contribution in [3.05, 3.63) is 18.3 Å². The molecule has 2 saturated heterocycles. The molecule has 1 amide bonds. The Bertz CT molecular complexity index is 980. The average Bonchev–Trinajstić information content (AvgIpc) is 3.54. The molecule has 35 heavy (non-hydrogen) atoms. The van der Waals surface area contributed by atoms with Gasteiger partial charge in [0.05, 0.1) is 11.9 Å². The van der Waals surface area contributed by atoms with E-state index in [0.717, 1.165) is 18.7 Å². The molecule has 1 aromatic rings. The summed E-state index contributed by atoms with van der Waals surface area (Å²) in [6, 6.07) is 3.67. The number of pyridine rings is 1. The zero-order valence-corrected chi connectivity index (χ0v) is 21.8. The number of piperidine rings is 1. The number of nitrogens with zero attached hydrogens (tertiary/aromatic N) is 4. The lowest BCUT2D eigenvalue weighted by atomic mass is 9.92. The van der Waals surface area contributed by atoms with E-state index in [-0.39, 0.29) is 30.0 Å². The third kappa shape index (κ3) is 6.77. The molecule has 196 valence electrons. The minimum atomic E-state index is -3.22. The van der Waals surface area contributed by atoms with Gasteiger partial charge in [-0.1, -0.05) is 13.8 Å². The molecular formula is C24H38N4O6S. The van der Waals surface area contributed by atoms with Gasteiger partial charge in [-0.25, -0.2) is 18.2 Å². The zero-order valence-electron chi connectivity index (χ0n) is 21.0. The largest absolute Gasteiger partial charge is 0.489 e. The Morgan fingerprint density at radius 3 is 2.29 bits per heavy atom. The molecule has 3 fully saturated rings. The summed E-state index contributed by atoms with van der Waals surface area (Å²) < 4.78 is 37.8. The molecule has 1 aromatic heterocycles. The SMILES string of the molecule is CC(C)CS(=O)(=O)N1CCN(c2ccc(OCC3(O)CCN(C(=O)OC4(C)CC4)CC3)cn2)CC1. The van der Waals surface area contributed by atoms with Gasteiger partial charge in [0.25, 0.3) is 0 Å². The maximum Gasteiger partial charge on any atom is 0.410 e. The van der Waals surface area contributed by atoms with E-state index in [4.69, 9.17) is 9.47 Å². The van der Waals surface area contributed by atoms with Gasteiger partial charge in [0.2, 0.25) is 10.0 Å². The van der Waals surface area contributed by atoms with Crippen LogP contribution in [0.5, 0.6) is 5.75 Å². The van der Waals surface area contributed by atoms with E-state index in [1.165, 1.54) is 0 Å². The van der Waals surface area contributed by atoms with Crippen molar-refractivity contribution in [1.29, 1.82) is 0 Å². The van der Waals surface area contributed by atoms with Gasteiger partial charge in [-0.3, -0.25) is 0 Å². The number of likely N-dealkylation sites (tertiary alicyclic amines) is 1. The second-order valence-electron chi connectivity index (χ2n) is 10.7. The molecule has 1 N–H and O–H groups in total. The highest BCUT2D eigenvalue weighted by Gasteiger charge is 2.44. The molecule has 3 aliphatic rings. The summed E-state index contributed by atoms with van der Waals surface area (Å²) in [5.41, 5.74) is -1.30. The van der Waals surface area contributed by atoms with Gasteiger partial charge in [0, 0.05) is 39.3 Å². The normalized spacial score (nSPS) is 22.2. The average molecular weight is 511 g/mol. The Hall–Kier alpha value is -2.11. The summed E-state index contributed by atoms with van der Waals surface area (Å²) in [4.78, 5) is 20.5. The first kappa shape index (κ1) is 26.0. The number of aliphatic hydroxyl groups is 1. The van der Waals surface area contributed by atoms with Crippen molar-refractivity contribution in [2.45, 2.75) is 57.7 Å². The van der Waals surface area contributed by atoms with E-state index < -0.39 is 15.6 Å². The lowest BCUT2D eigenvalue weighted by Crippen LogP contribution is -2.50. The second-order valence-corrected chi connectivity index (χ2v) is 12.7. The smallest absolute Gasteiger partial charge is 0.410 e. The zero-order chi connectivity index (χ0) is 25.3. The molecule has 4 rings (SSSR count). The lowest BCUT2D eigenvalue weighted by Gasteiger charge is -2.37. The third-order valence-corrected chi connectivity index (χ3v) is 9.21. The molecule has 2 aliphatic heterocycles. The number of sulfonamides is 1. The van der Waals surface area contributed by atoms with E-state index in [2.05, 4.69) is 9.88 Å². The van der Waals surface area contributed by atoms with Gasteiger partial charge >= 0.3 is 6.09 Å². The topological polar surface area (TPSA) is 113 Å². The molecule has 3 heterocycles. The van der Waals surface area contributed by atoms with E-state index in [1.54, 1.807) is 15.4 Å². The van der Waals surface area contributed by atoms with Gasteiger partial charge in [0.1, 0.15) is 29.4 Å². The van der Waals surface area contributed by atoms with Crippen LogP contribution in [0.1, 0.15) is 46.5 Å². The van der Waals surface area contributed by atoms with Crippen molar-refractivity contribution in [1.82, 2.24) is 14.2 Å². The first-order chi connectivity index (χ1) is 16.5. The first-order valence-electron chi connectivity index (χ1n) is 12.5. The first-order valence-corrected chi connectivity index (χ1v) is 14.1. The van der Waals surface area contributed by atoms with Crippen LogP contribution in [0.4, 0.5) is 10.6 Å². The van der Waals surface area contributed by atoms with Crippen LogP contribution >= 0.6 is 0 Å². The standard InChI is InChI=1S/C24H38N4O6S/c1-19(2)17-35(31,32)28-14-12-26(13-15-28)21-5-4-20(16-25-21)33-18-24(30)8-10-27(11-9-24)22(29)34-23(3)6-7-23/h4-5,16,19,30H,6-15,17-18H2,1-3H3. The second kappa shape index (κ2) is 10.1. The molecule has 1 aliphatic carbocycles. The van der Waals surface area contributed by atoms with Crippen LogP contribution in [0, 0.1) is 5.92 Å². The van der Waals surface area contributed by atoms with Crippen LogP contribution in [0.25, 0.3) is 0 Å². The van der Waals surface area contributed by atoms with Crippen molar-refractivity contribution in [3.8, 4) is 5.75 Å². The minimum Gasteiger partial charge on any atom is -0.489 e. The lowest BCUT2D eigenvalue weighted by molar-refractivity contribution is -0.0531. The molecule has 0 radical (unpaired) electrons. The van der Waals surface area contributed by atoms with Gasteiger partial charge in [-0.05, 0) is 50.7 Å². The molecule has 0 bridgehead atoms. The fourth-order valence-corrected chi connectivity index (χ4v) is 6.16. The summed E-state index contributed by atoms with van der Waals surface area (Å²) in [7, 11) is -3.22. The van der Waals surface area contributed by atoms with Crippen LogP contribution in [0.15, 0.2) is 18.3 Å². The fourth-order valence-electron chi connectivity index (χ4n) is 4.39. The van der Waals surface area contributed by atoms with E-state index in [9.17, 15) is 18.3 Å². The number of hydrogen-bond donors (Lipinski definition) is 1. The third-order valence-electron chi connectivity index (χ3n) is 6.97. The highest BCUT2D eigenvalue weighted by Crippen LogP contribution is 2.39. The molecule has 1 saturated carbocycles. The predicted molar refractivity (Wildman–Crippen MR) is 132 cm³/mol. The minimum absolute atomic E-state index is 0.102. The predicted octanol–water partition coefficient (Wildman–Crippen LogP) is 2.08. The number of hydrogen-bond acceptors (Lipinski definition) is 8. The highest BCUT2D eigenvalue weighted by atomic mass is 32.2. The van der Waals surface area contributed by atoms with Crippen LogP contribution in [0.3, 0.4) is 0 Å². The Morgan fingerprint density at radius 2 is 1.74 bits per heavy atom. The number of carbonyl (C=O) groups is 1.